The number of thiophene rings is 1. The highest BCUT2D eigenvalue weighted by atomic mass is 32.1. The lowest BCUT2D eigenvalue weighted by Gasteiger charge is -2.28. The molecule has 0 atom stereocenters. The molecule has 0 N–H and O–H groups in total. The van der Waals surface area contributed by atoms with Gasteiger partial charge in [-0.25, -0.2) is 0 Å². The molecule has 0 unspecified atom stereocenters. The molecule has 1 aromatic heterocycles. The highest BCUT2D eigenvalue weighted by molar-refractivity contribution is 7.17. The minimum absolute atomic E-state index is 0.772. The number of hydrogen-bond donors (Lipinski definition) is 0. The maximum Gasteiger partial charge on any atom is 0.0539 e. The molecule has 0 saturated carbocycles. The van der Waals surface area contributed by atoms with Crippen LogP contribution in [0.2, 0.25) is 0 Å². The van der Waals surface area contributed by atoms with Crippen molar-refractivity contribution in [1.82, 2.24) is 0 Å². The fourth-order valence-corrected chi connectivity index (χ4v) is 10.4. The zero-order chi connectivity index (χ0) is 41.8. The third kappa shape index (κ3) is 7.75. The van der Waals surface area contributed by atoms with E-state index in [0.29, 0.717) is 0 Å². The fourth-order valence-electron chi connectivity index (χ4n) is 9.30. The molecule has 1 heterocycles. The SMILES string of the molecule is C=C(/C=C(C1=CC=c2sc3ccccc3c2=CC1)\C(=C/C)c1ccccc1)C1=CCC=C(N(c2ccc(-c3cccc4c3C=CCCC4)cc2)c2cccc3ccccc23)C=C1. The second kappa shape index (κ2) is 17.5. The lowest BCUT2D eigenvalue weighted by atomic mass is 9.87. The van der Waals surface area contributed by atoms with Crippen LogP contribution in [0.15, 0.2) is 223 Å². The summed E-state index contributed by atoms with van der Waals surface area (Å²) in [5, 5.41) is 5.10. The van der Waals surface area contributed by atoms with E-state index in [1.54, 1.807) is 0 Å². The molecule has 6 aromatic carbocycles. The second-order valence-corrected chi connectivity index (χ2v) is 17.3. The molecular weight excluding hydrogens is 767 g/mol. The molecule has 10 rings (SSSR count). The first-order valence-electron chi connectivity index (χ1n) is 21.9. The largest absolute Gasteiger partial charge is 0.310 e. The van der Waals surface area contributed by atoms with Gasteiger partial charge >= 0.3 is 0 Å². The van der Waals surface area contributed by atoms with Gasteiger partial charge in [0, 0.05) is 26.0 Å². The summed E-state index contributed by atoms with van der Waals surface area (Å²) in [5.74, 6) is 0. The molecule has 0 radical (unpaired) electrons. The molecule has 3 aliphatic carbocycles. The van der Waals surface area contributed by atoms with Gasteiger partial charge < -0.3 is 4.90 Å². The molecular formula is C60H49NS. The third-order valence-electron chi connectivity index (χ3n) is 12.4. The average Bonchev–Trinajstić information content (AvgIpc) is 3.60. The van der Waals surface area contributed by atoms with Crippen molar-refractivity contribution in [3.05, 3.63) is 249 Å². The quantitative estimate of drug-likeness (QED) is 0.131. The van der Waals surface area contributed by atoms with Gasteiger partial charge in [0.05, 0.1) is 5.69 Å². The zero-order valence-corrected chi connectivity index (χ0v) is 36.0. The Morgan fingerprint density at radius 3 is 2.35 bits per heavy atom. The molecule has 0 amide bonds. The van der Waals surface area contributed by atoms with Crippen LogP contribution < -0.4 is 14.7 Å². The van der Waals surface area contributed by atoms with Crippen LogP contribution in [0.4, 0.5) is 11.4 Å². The van der Waals surface area contributed by atoms with Crippen molar-refractivity contribution in [2.45, 2.75) is 39.0 Å². The molecule has 0 spiro atoms. The van der Waals surface area contributed by atoms with Gasteiger partial charge in [-0.2, -0.15) is 0 Å². The van der Waals surface area contributed by atoms with Gasteiger partial charge in [-0.05, 0) is 153 Å². The summed E-state index contributed by atoms with van der Waals surface area (Å²) in [5.41, 5.74) is 15.7. The molecule has 2 heteroatoms. The molecule has 0 aliphatic heterocycles. The number of benzene rings is 6. The molecule has 1 nitrogen and oxygen atoms in total. The zero-order valence-electron chi connectivity index (χ0n) is 35.2. The predicted octanol–water partition coefficient (Wildman–Crippen LogP) is 15.2. The van der Waals surface area contributed by atoms with Crippen molar-refractivity contribution in [2.24, 2.45) is 0 Å². The maximum atomic E-state index is 4.75. The Labute approximate surface area is 369 Å². The van der Waals surface area contributed by atoms with E-state index >= 15 is 0 Å². The smallest absolute Gasteiger partial charge is 0.0539 e. The summed E-state index contributed by atoms with van der Waals surface area (Å²) in [4.78, 5) is 2.42. The lowest BCUT2D eigenvalue weighted by molar-refractivity contribution is 0.852. The predicted molar refractivity (Wildman–Crippen MR) is 270 cm³/mol. The van der Waals surface area contributed by atoms with E-state index in [4.69, 9.17) is 6.58 Å². The standard InChI is InChI=1S/C60H49NS/c1-3-51(44-17-6-4-7-18-44)57(48-34-39-56-55-27-12-13-30-59(55)62-60(56)40-35-48)41-42(2)43-21-14-24-49(36-31-43)61(58-29-16-23-46-20-10-11-26-54(46)58)50-37-32-47(33-38-50)53-28-15-22-45-19-8-5-9-25-52(45)53/h3-4,6-7,9-13,15-18,20-33,35-41H,2,5,8,14,19,34H2,1H3/b51-3-,57-41-. The molecule has 62 heavy (non-hydrogen) atoms. The van der Waals surface area contributed by atoms with Crippen LogP contribution in [0.1, 0.15) is 49.3 Å². The molecule has 3 aliphatic rings. The first-order chi connectivity index (χ1) is 30.6. The summed E-state index contributed by atoms with van der Waals surface area (Å²) in [6.07, 6.45) is 30.5. The highest BCUT2D eigenvalue weighted by Gasteiger charge is 2.19. The fraction of sp³-hybridized carbons (Fsp3) is 0.100. The number of fused-ring (bicyclic) bond motifs is 5. The Hall–Kier alpha value is -7.00. The monoisotopic (exact) mass is 815 g/mol. The number of rotatable bonds is 9. The van der Waals surface area contributed by atoms with E-state index in [0.717, 1.165) is 53.9 Å². The van der Waals surface area contributed by atoms with Crippen molar-refractivity contribution >= 4 is 67.4 Å². The van der Waals surface area contributed by atoms with Gasteiger partial charge in [-0.15, -0.1) is 11.3 Å². The van der Waals surface area contributed by atoms with E-state index in [9.17, 15) is 0 Å². The van der Waals surface area contributed by atoms with Crippen molar-refractivity contribution in [2.75, 3.05) is 4.90 Å². The van der Waals surface area contributed by atoms with E-state index in [1.165, 1.54) is 81.6 Å². The maximum absolute atomic E-state index is 4.75. The summed E-state index contributed by atoms with van der Waals surface area (Å²) in [6, 6.07) is 50.8. The van der Waals surface area contributed by atoms with Crippen molar-refractivity contribution in [1.29, 1.82) is 0 Å². The van der Waals surface area contributed by atoms with Crippen LogP contribution >= 0.6 is 11.3 Å². The van der Waals surface area contributed by atoms with Gasteiger partial charge in [0.2, 0.25) is 0 Å². The first kappa shape index (κ1) is 39.2. The van der Waals surface area contributed by atoms with Crippen molar-refractivity contribution < 1.29 is 0 Å². The minimum atomic E-state index is 0.772. The number of nitrogens with zero attached hydrogens (tertiary/aromatic N) is 1. The molecule has 7 aromatic rings. The average molecular weight is 816 g/mol. The van der Waals surface area contributed by atoms with Gasteiger partial charge in [-0.3, -0.25) is 0 Å². The number of hydrogen-bond acceptors (Lipinski definition) is 2. The van der Waals surface area contributed by atoms with Gasteiger partial charge in [-0.1, -0.05) is 170 Å². The van der Waals surface area contributed by atoms with Crippen LogP contribution in [-0.4, -0.2) is 0 Å². The first-order valence-corrected chi connectivity index (χ1v) is 22.7. The third-order valence-corrected chi connectivity index (χ3v) is 13.6. The molecule has 0 fully saturated rings. The molecule has 0 saturated heterocycles. The normalized spacial score (nSPS) is 15.2. The van der Waals surface area contributed by atoms with Crippen LogP contribution in [0.3, 0.4) is 0 Å². The number of anilines is 2. The van der Waals surface area contributed by atoms with Gasteiger partial charge in [0.1, 0.15) is 0 Å². The van der Waals surface area contributed by atoms with Crippen LogP contribution in [0.5, 0.6) is 0 Å². The van der Waals surface area contributed by atoms with Crippen LogP contribution in [-0.2, 0) is 6.42 Å². The van der Waals surface area contributed by atoms with Crippen molar-refractivity contribution in [3.63, 3.8) is 0 Å². The van der Waals surface area contributed by atoms with E-state index in [1.807, 2.05) is 11.3 Å². The van der Waals surface area contributed by atoms with Crippen LogP contribution in [0.25, 0.3) is 55.8 Å². The van der Waals surface area contributed by atoms with E-state index in [2.05, 4.69) is 218 Å². The Morgan fingerprint density at radius 2 is 1.48 bits per heavy atom. The molecule has 300 valence electrons. The number of allylic oxidation sites excluding steroid dienone is 13. The van der Waals surface area contributed by atoms with Gasteiger partial charge in [0.15, 0.2) is 0 Å². The Kier molecular flexibility index (Phi) is 11.1. The second-order valence-electron chi connectivity index (χ2n) is 16.2. The number of aryl methyl sites for hydroxylation is 1. The summed E-state index contributed by atoms with van der Waals surface area (Å²) >= 11 is 1.87. The van der Waals surface area contributed by atoms with E-state index < -0.39 is 0 Å². The molecule has 0 bridgehead atoms. The van der Waals surface area contributed by atoms with Gasteiger partial charge in [0.25, 0.3) is 0 Å². The topological polar surface area (TPSA) is 3.24 Å². The summed E-state index contributed by atoms with van der Waals surface area (Å²) in [7, 11) is 0. The lowest BCUT2D eigenvalue weighted by Crippen LogP contribution is -2.17. The van der Waals surface area contributed by atoms with Crippen molar-refractivity contribution in [3.8, 4) is 11.1 Å². The van der Waals surface area contributed by atoms with E-state index in [-0.39, 0.29) is 0 Å². The Morgan fingerprint density at radius 1 is 0.694 bits per heavy atom. The Bertz CT molecular complexity index is 3210. The van der Waals surface area contributed by atoms with Crippen LogP contribution in [0, 0.1) is 0 Å². The summed E-state index contributed by atoms with van der Waals surface area (Å²) in [6.45, 7) is 6.90. The highest BCUT2D eigenvalue weighted by Crippen LogP contribution is 2.40. The Balaban J connectivity index is 1.01. The minimum Gasteiger partial charge on any atom is -0.310 e. The summed E-state index contributed by atoms with van der Waals surface area (Å²) < 4.78 is 2.64.